The SMILES string of the molecule is CCCCCC(=O)OC[C@H](COP(=O)(O)OC[C@H]1C=C[C@@H](n2cnc3c(NC4CC4)nc(N)nc32)C1)OC(=O)CCCCC. The van der Waals surface area contributed by atoms with Crippen molar-refractivity contribution in [2.24, 2.45) is 5.92 Å². The fourth-order valence-corrected chi connectivity index (χ4v) is 5.65. The van der Waals surface area contributed by atoms with Gasteiger partial charge in [0.25, 0.3) is 0 Å². The van der Waals surface area contributed by atoms with Crippen molar-refractivity contribution < 1.29 is 37.6 Å². The Hall–Kier alpha value is -3.06. The number of hydrogen-bond acceptors (Lipinski definition) is 12. The number of nitrogens with one attached hydrogen (secondary N) is 1. The number of allylic oxidation sites excluding steroid dienone is 1. The van der Waals surface area contributed by atoms with Crippen LogP contribution >= 0.6 is 7.82 Å². The standard InChI is InChI=1S/C29H45N6O8P/c1-3-5-7-9-24(36)40-17-23(43-25(37)10-8-6-4-2)18-42-44(38,39)41-16-20-11-14-22(15-20)35-19-31-26-27(32-21-12-13-21)33-29(30)34-28(26)35/h11,14,19-23H,3-10,12-13,15-18H2,1-2H3,(H,38,39)(H3,30,32,33,34)/t20-,22+,23+/m0/s1. The lowest BCUT2D eigenvalue weighted by molar-refractivity contribution is -0.161. The van der Waals surface area contributed by atoms with Gasteiger partial charge in [0, 0.05) is 24.8 Å². The van der Waals surface area contributed by atoms with E-state index in [9.17, 15) is 19.0 Å². The number of nitrogen functional groups attached to an aromatic ring is 1. The Kier molecular flexibility index (Phi) is 12.5. The summed E-state index contributed by atoms with van der Waals surface area (Å²) in [6.07, 6.45) is 12.7. The highest BCUT2D eigenvalue weighted by molar-refractivity contribution is 7.47. The largest absolute Gasteiger partial charge is 0.472 e. The topological polar surface area (TPSA) is 190 Å². The number of hydrogen-bond donors (Lipinski definition) is 3. The highest BCUT2D eigenvalue weighted by Gasteiger charge is 2.30. The number of anilines is 2. The van der Waals surface area contributed by atoms with Crippen molar-refractivity contribution in [2.45, 2.75) is 103 Å². The molecule has 15 heteroatoms. The molecule has 14 nitrogen and oxygen atoms in total. The van der Waals surface area contributed by atoms with E-state index in [0.717, 1.165) is 38.5 Å². The molecule has 4 atom stereocenters. The number of fused-ring (bicyclic) bond motifs is 1. The summed E-state index contributed by atoms with van der Waals surface area (Å²) in [5.41, 5.74) is 7.21. The quantitative estimate of drug-likeness (QED) is 0.0774. The van der Waals surface area contributed by atoms with Crippen LogP contribution in [-0.4, -0.2) is 68.3 Å². The van der Waals surface area contributed by atoms with Crippen molar-refractivity contribution in [2.75, 3.05) is 30.9 Å². The van der Waals surface area contributed by atoms with Crippen LogP contribution in [-0.2, 0) is 32.7 Å². The molecule has 4 N–H and O–H groups in total. The highest BCUT2D eigenvalue weighted by atomic mass is 31.2. The van der Waals surface area contributed by atoms with E-state index in [1.165, 1.54) is 0 Å². The highest BCUT2D eigenvalue weighted by Crippen LogP contribution is 2.45. The third-order valence-electron chi connectivity index (χ3n) is 7.44. The predicted octanol–water partition coefficient (Wildman–Crippen LogP) is 4.85. The number of carbonyl (C=O) groups is 2. The van der Waals surface area contributed by atoms with Gasteiger partial charge in [0.2, 0.25) is 5.95 Å². The first-order valence-electron chi connectivity index (χ1n) is 15.6. The number of unbranched alkanes of at least 4 members (excludes halogenated alkanes) is 4. The maximum Gasteiger partial charge on any atom is 0.472 e. The van der Waals surface area contributed by atoms with Gasteiger partial charge >= 0.3 is 19.8 Å². The zero-order valence-electron chi connectivity index (χ0n) is 25.6. The summed E-state index contributed by atoms with van der Waals surface area (Å²) in [4.78, 5) is 47.9. The molecule has 0 amide bonds. The van der Waals surface area contributed by atoms with Gasteiger partial charge in [-0.1, -0.05) is 51.7 Å². The summed E-state index contributed by atoms with van der Waals surface area (Å²) < 4.78 is 35.7. The molecule has 0 aromatic carbocycles. The molecule has 0 saturated heterocycles. The van der Waals surface area contributed by atoms with Crippen LogP contribution in [0.4, 0.5) is 11.8 Å². The van der Waals surface area contributed by atoms with Gasteiger partial charge in [0.1, 0.15) is 6.61 Å². The first-order valence-corrected chi connectivity index (χ1v) is 17.1. The smallest absolute Gasteiger partial charge is 0.462 e. The number of ether oxygens (including phenoxy) is 2. The van der Waals surface area contributed by atoms with Crippen LogP contribution in [0.15, 0.2) is 18.5 Å². The van der Waals surface area contributed by atoms with Crippen LogP contribution in [0.25, 0.3) is 11.2 Å². The van der Waals surface area contributed by atoms with Gasteiger partial charge in [-0.15, -0.1) is 0 Å². The molecule has 244 valence electrons. The first-order chi connectivity index (χ1) is 21.2. The Balaban J connectivity index is 1.27. The van der Waals surface area contributed by atoms with Crippen LogP contribution in [0.3, 0.4) is 0 Å². The monoisotopic (exact) mass is 636 g/mol. The number of phosphoric acid groups is 1. The molecule has 44 heavy (non-hydrogen) atoms. The van der Waals surface area contributed by atoms with Crippen LogP contribution in [0.2, 0.25) is 0 Å². The zero-order chi connectivity index (χ0) is 31.5. The summed E-state index contributed by atoms with van der Waals surface area (Å²) in [7, 11) is -4.51. The number of imidazole rings is 1. The molecule has 2 aromatic heterocycles. The van der Waals surface area contributed by atoms with E-state index in [1.807, 2.05) is 30.6 Å². The number of nitrogens with two attached hydrogens (primary N) is 1. The number of carbonyl (C=O) groups excluding carboxylic acids is 2. The molecule has 2 heterocycles. The third kappa shape index (κ3) is 10.5. The molecule has 0 aliphatic heterocycles. The molecule has 0 radical (unpaired) electrons. The molecule has 2 aliphatic carbocycles. The van der Waals surface area contributed by atoms with Gasteiger partial charge in [-0.25, -0.2) is 9.55 Å². The van der Waals surface area contributed by atoms with E-state index in [0.29, 0.717) is 42.3 Å². The molecule has 1 saturated carbocycles. The van der Waals surface area contributed by atoms with E-state index in [2.05, 4.69) is 20.3 Å². The van der Waals surface area contributed by atoms with E-state index >= 15 is 0 Å². The maximum atomic E-state index is 12.7. The summed E-state index contributed by atoms with van der Waals surface area (Å²) >= 11 is 0. The fourth-order valence-electron chi connectivity index (χ4n) is 4.84. The number of nitrogens with zero attached hydrogens (tertiary/aromatic N) is 4. The van der Waals surface area contributed by atoms with Gasteiger partial charge in [-0.2, -0.15) is 9.97 Å². The van der Waals surface area contributed by atoms with Crippen LogP contribution in [0.1, 0.15) is 90.5 Å². The van der Waals surface area contributed by atoms with Gasteiger partial charge in [0.15, 0.2) is 23.1 Å². The second-order valence-electron chi connectivity index (χ2n) is 11.4. The second-order valence-corrected chi connectivity index (χ2v) is 12.8. The Morgan fingerprint density at radius 3 is 2.50 bits per heavy atom. The van der Waals surface area contributed by atoms with Gasteiger partial charge in [-0.05, 0) is 32.1 Å². The normalized spacial score (nSPS) is 20.0. The van der Waals surface area contributed by atoms with Crippen molar-refractivity contribution >= 4 is 42.7 Å². The Morgan fingerprint density at radius 2 is 1.80 bits per heavy atom. The van der Waals surface area contributed by atoms with E-state index in [1.54, 1.807) is 6.33 Å². The number of phosphoric ester groups is 1. The number of esters is 2. The minimum Gasteiger partial charge on any atom is -0.462 e. The molecule has 2 aromatic rings. The minimum atomic E-state index is -4.51. The van der Waals surface area contributed by atoms with Crippen molar-refractivity contribution in [3.05, 3.63) is 18.5 Å². The number of aromatic nitrogens is 4. The van der Waals surface area contributed by atoms with E-state index in [4.69, 9.17) is 24.3 Å². The molecule has 2 aliphatic rings. The van der Waals surface area contributed by atoms with Gasteiger partial charge in [-0.3, -0.25) is 18.6 Å². The zero-order valence-corrected chi connectivity index (χ0v) is 26.5. The Labute approximate surface area is 257 Å². The van der Waals surface area contributed by atoms with E-state index in [-0.39, 0.29) is 44.0 Å². The Morgan fingerprint density at radius 1 is 1.07 bits per heavy atom. The lowest BCUT2D eigenvalue weighted by Crippen LogP contribution is -2.29. The third-order valence-corrected chi connectivity index (χ3v) is 8.39. The van der Waals surface area contributed by atoms with Crippen LogP contribution < -0.4 is 11.1 Å². The van der Waals surface area contributed by atoms with Crippen molar-refractivity contribution in [1.29, 1.82) is 0 Å². The molecule has 1 unspecified atom stereocenters. The molecule has 0 spiro atoms. The van der Waals surface area contributed by atoms with E-state index < -0.39 is 32.5 Å². The summed E-state index contributed by atoms with van der Waals surface area (Å²) in [5.74, 6) is -0.323. The lowest BCUT2D eigenvalue weighted by atomic mass is 10.1. The second kappa shape index (κ2) is 16.3. The predicted molar refractivity (Wildman–Crippen MR) is 164 cm³/mol. The Bertz CT molecular complexity index is 1330. The van der Waals surface area contributed by atoms with Crippen molar-refractivity contribution in [1.82, 2.24) is 19.5 Å². The molecule has 0 bridgehead atoms. The average molecular weight is 637 g/mol. The molecular weight excluding hydrogens is 591 g/mol. The maximum absolute atomic E-state index is 12.7. The first kappa shape index (κ1) is 33.8. The summed E-state index contributed by atoms with van der Waals surface area (Å²) in [6.45, 7) is 3.24. The summed E-state index contributed by atoms with van der Waals surface area (Å²) in [5, 5.41) is 3.34. The van der Waals surface area contributed by atoms with Crippen LogP contribution in [0, 0.1) is 5.92 Å². The lowest BCUT2D eigenvalue weighted by Gasteiger charge is -2.20. The van der Waals surface area contributed by atoms with Crippen molar-refractivity contribution in [3.8, 4) is 0 Å². The van der Waals surface area contributed by atoms with Crippen LogP contribution in [0.5, 0.6) is 0 Å². The van der Waals surface area contributed by atoms with Gasteiger partial charge in [0.05, 0.1) is 25.6 Å². The van der Waals surface area contributed by atoms with Crippen molar-refractivity contribution in [3.63, 3.8) is 0 Å². The van der Waals surface area contributed by atoms with Gasteiger partial charge < -0.3 is 30.0 Å². The number of rotatable bonds is 20. The average Bonchev–Trinajstić information content (AvgIpc) is 3.50. The summed E-state index contributed by atoms with van der Waals surface area (Å²) in [6, 6.07) is 0.264. The molecule has 4 rings (SSSR count). The minimum absolute atomic E-state index is 0.0765. The molecular formula is C29H45N6O8P. The fraction of sp³-hybridized carbons (Fsp3) is 0.690. The molecule has 1 fully saturated rings.